The minimum atomic E-state index is -0.00807. The van der Waals surface area contributed by atoms with Crippen LogP contribution in [0.25, 0.3) is 0 Å². The number of hydrogen-bond donors (Lipinski definition) is 1. The van der Waals surface area contributed by atoms with Gasteiger partial charge in [-0.1, -0.05) is 13.8 Å². The lowest BCUT2D eigenvalue weighted by Gasteiger charge is -2.34. The summed E-state index contributed by atoms with van der Waals surface area (Å²) in [6.45, 7) is 9.29. The minimum absolute atomic E-state index is 0.00807. The van der Waals surface area contributed by atoms with Gasteiger partial charge in [0.1, 0.15) is 6.26 Å². The predicted molar refractivity (Wildman–Crippen MR) is 83.5 cm³/mol. The van der Waals surface area contributed by atoms with Crippen LogP contribution in [0.3, 0.4) is 0 Å². The normalized spacial score (nSPS) is 17.5. The van der Waals surface area contributed by atoms with E-state index in [0.717, 1.165) is 0 Å². The average Bonchev–Trinajstić information content (AvgIpc) is 3.01. The van der Waals surface area contributed by atoms with Crippen LogP contribution in [0.1, 0.15) is 31.1 Å². The largest absolute Gasteiger partial charge is 0.472 e. The Morgan fingerprint density at radius 1 is 1.23 bits per heavy atom. The maximum atomic E-state index is 12.2. The van der Waals surface area contributed by atoms with Crippen LogP contribution in [0.4, 0.5) is 0 Å². The minimum Gasteiger partial charge on any atom is -0.472 e. The molecule has 2 amide bonds. The molecule has 0 aromatic carbocycles. The van der Waals surface area contributed by atoms with Crippen LogP contribution < -0.4 is 5.32 Å². The third kappa shape index (κ3) is 4.34. The van der Waals surface area contributed by atoms with Gasteiger partial charge in [0.2, 0.25) is 5.91 Å². The molecule has 1 aliphatic heterocycles. The molecule has 1 fully saturated rings. The van der Waals surface area contributed by atoms with Crippen LogP contribution in [0.2, 0.25) is 0 Å². The molecule has 2 rings (SSSR count). The molecule has 0 bridgehead atoms. The van der Waals surface area contributed by atoms with E-state index in [0.29, 0.717) is 44.2 Å². The molecular weight excluding hydrogens is 282 g/mol. The maximum absolute atomic E-state index is 12.2. The number of amides is 2. The maximum Gasteiger partial charge on any atom is 0.257 e. The van der Waals surface area contributed by atoms with Crippen molar-refractivity contribution in [2.75, 3.05) is 32.7 Å². The summed E-state index contributed by atoms with van der Waals surface area (Å²) in [4.78, 5) is 28.0. The molecule has 1 unspecified atom stereocenters. The lowest BCUT2D eigenvalue weighted by Crippen LogP contribution is -2.52. The van der Waals surface area contributed by atoms with Gasteiger partial charge in [-0.15, -0.1) is 0 Å². The Labute approximate surface area is 131 Å². The Morgan fingerprint density at radius 2 is 1.91 bits per heavy atom. The lowest BCUT2D eigenvalue weighted by atomic mass is 10.1. The van der Waals surface area contributed by atoms with Crippen molar-refractivity contribution < 1.29 is 14.0 Å². The standard InChI is InChI=1S/C16H25N3O3/c1-12(2)13(3)17-15(20)10-18-5-7-19(8-6-18)16(21)14-4-9-22-11-14/h4,9,11-13H,5-8,10H2,1-3H3,(H,17,20). The van der Waals surface area contributed by atoms with Crippen molar-refractivity contribution in [3.05, 3.63) is 24.2 Å². The highest BCUT2D eigenvalue weighted by molar-refractivity contribution is 5.93. The van der Waals surface area contributed by atoms with Crippen LogP contribution in [0, 0.1) is 5.92 Å². The van der Waals surface area contributed by atoms with Crippen LogP contribution in [0.5, 0.6) is 0 Å². The number of piperazine rings is 1. The monoisotopic (exact) mass is 307 g/mol. The number of furan rings is 1. The molecule has 1 N–H and O–H groups in total. The quantitative estimate of drug-likeness (QED) is 0.887. The second kappa shape index (κ2) is 7.45. The highest BCUT2D eigenvalue weighted by atomic mass is 16.3. The molecule has 0 radical (unpaired) electrons. The summed E-state index contributed by atoms with van der Waals surface area (Å²) in [7, 11) is 0. The molecule has 0 aliphatic carbocycles. The van der Waals surface area contributed by atoms with Gasteiger partial charge in [0.15, 0.2) is 0 Å². The van der Waals surface area contributed by atoms with E-state index < -0.39 is 0 Å². The summed E-state index contributed by atoms with van der Waals surface area (Å²) in [6.07, 6.45) is 2.97. The Morgan fingerprint density at radius 3 is 2.45 bits per heavy atom. The van der Waals surface area contributed by atoms with Gasteiger partial charge in [-0.25, -0.2) is 0 Å². The molecule has 1 aromatic rings. The molecule has 122 valence electrons. The number of hydrogen-bond acceptors (Lipinski definition) is 4. The molecule has 1 aromatic heterocycles. The zero-order valence-corrected chi connectivity index (χ0v) is 13.5. The van der Waals surface area contributed by atoms with E-state index in [1.54, 1.807) is 11.0 Å². The Bertz CT molecular complexity index is 491. The number of rotatable bonds is 5. The zero-order chi connectivity index (χ0) is 16.1. The topological polar surface area (TPSA) is 65.8 Å². The molecule has 6 nitrogen and oxygen atoms in total. The molecule has 0 spiro atoms. The van der Waals surface area contributed by atoms with Crippen LogP contribution in [-0.2, 0) is 4.79 Å². The predicted octanol–water partition coefficient (Wildman–Crippen LogP) is 1.20. The van der Waals surface area contributed by atoms with Gasteiger partial charge >= 0.3 is 0 Å². The van der Waals surface area contributed by atoms with Crippen LogP contribution in [-0.4, -0.2) is 60.4 Å². The first kappa shape index (κ1) is 16.5. The van der Waals surface area contributed by atoms with Crippen LogP contribution >= 0.6 is 0 Å². The van der Waals surface area contributed by atoms with Gasteiger partial charge in [0.25, 0.3) is 5.91 Å². The second-order valence-electron chi connectivity index (χ2n) is 6.18. The smallest absolute Gasteiger partial charge is 0.257 e. The van der Waals surface area contributed by atoms with Crippen molar-refractivity contribution >= 4 is 11.8 Å². The Kier molecular flexibility index (Phi) is 5.60. The molecule has 22 heavy (non-hydrogen) atoms. The van der Waals surface area contributed by atoms with E-state index in [4.69, 9.17) is 4.42 Å². The van der Waals surface area contributed by atoms with Gasteiger partial charge in [0.05, 0.1) is 18.4 Å². The molecule has 0 saturated carbocycles. The van der Waals surface area contributed by atoms with Crippen molar-refractivity contribution in [1.82, 2.24) is 15.1 Å². The highest BCUT2D eigenvalue weighted by Crippen LogP contribution is 2.09. The van der Waals surface area contributed by atoms with Crippen molar-refractivity contribution in [2.24, 2.45) is 5.92 Å². The molecule has 1 saturated heterocycles. The number of nitrogens with zero attached hydrogens (tertiary/aromatic N) is 2. The van der Waals surface area contributed by atoms with E-state index in [1.807, 2.05) is 6.92 Å². The summed E-state index contributed by atoms with van der Waals surface area (Å²) < 4.78 is 4.95. The van der Waals surface area contributed by atoms with Crippen molar-refractivity contribution in [1.29, 1.82) is 0 Å². The first-order valence-corrected chi connectivity index (χ1v) is 7.80. The average molecular weight is 307 g/mol. The van der Waals surface area contributed by atoms with E-state index in [9.17, 15) is 9.59 Å². The van der Waals surface area contributed by atoms with E-state index in [2.05, 4.69) is 24.1 Å². The fourth-order valence-electron chi connectivity index (χ4n) is 2.35. The number of carbonyl (C=O) groups excluding carboxylic acids is 2. The summed E-state index contributed by atoms with van der Waals surface area (Å²) >= 11 is 0. The van der Waals surface area contributed by atoms with Crippen LogP contribution in [0.15, 0.2) is 23.0 Å². The van der Waals surface area contributed by atoms with Gasteiger partial charge in [-0.2, -0.15) is 0 Å². The Balaban J connectivity index is 1.75. The summed E-state index contributed by atoms with van der Waals surface area (Å²) in [5.41, 5.74) is 0.581. The first-order chi connectivity index (χ1) is 10.5. The fraction of sp³-hybridized carbons (Fsp3) is 0.625. The number of carbonyl (C=O) groups is 2. The first-order valence-electron chi connectivity index (χ1n) is 7.80. The summed E-state index contributed by atoms with van der Waals surface area (Å²) in [6, 6.07) is 1.85. The Hall–Kier alpha value is -1.82. The van der Waals surface area contributed by atoms with Gasteiger partial charge in [-0.3, -0.25) is 14.5 Å². The highest BCUT2D eigenvalue weighted by Gasteiger charge is 2.24. The van der Waals surface area contributed by atoms with E-state index in [-0.39, 0.29) is 17.9 Å². The zero-order valence-electron chi connectivity index (χ0n) is 13.5. The fourth-order valence-corrected chi connectivity index (χ4v) is 2.35. The van der Waals surface area contributed by atoms with Crippen molar-refractivity contribution in [3.63, 3.8) is 0 Å². The molecule has 1 aliphatic rings. The van der Waals surface area contributed by atoms with Gasteiger partial charge < -0.3 is 14.6 Å². The van der Waals surface area contributed by atoms with Gasteiger partial charge in [-0.05, 0) is 18.9 Å². The lowest BCUT2D eigenvalue weighted by molar-refractivity contribution is -0.123. The summed E-state index contributed by atoms with van der Waals surface area (Å²) in [5.74, 6) is 0.468. The van der Waals surface area contributed by atoms with Crippen molar-refractivity contribution in [3.8, 4) is 0 Å². The molecule has 1 atom stereocenters. The van der Waals surface area contributed by atoms with Gasteiger partial charge in [0, 0.05) is 32.2 Å². The molecule has 6 heteroatoms. The molecular formula is C16H25N3O3. The second-order valence-corrected chi connectivity index (χ2v) is 6.18. The van der Waals surface area contributed by atoms with Crippen molar-refractivity contribution in [2.45, 2.75) is 26.8 Å². The number of nitrogens with one attached hydrogen (secondary N) is 1. The molecule has 2 heterocycles. The van der Waals surface area contributed by atoms with E-state index in [1.165, 1.54) is 12.5 Å². The summed E-state index contributed by atoms with van der Waals surface area (Å²) in [5, 5.41) is 3.01. The third-order valence-electron chi connectivity index (χ3n) is 4.18. The SMILES string of the molecule is CC(C)C(C)NC(=O)CN1CCN(C(=O)c2ccoc2)CC1. The third-order valence-corrected chi connectivity index (χ3v) is 4.18. The van der Waals surface area contributed by atoms with E-state index >= 15 is 0 Å².